The zero-order chi connectivity index (χ0) is 10.8. The predicted molar refractivity (Wildman–Crippen MR) is 53.9 cm³/mol. The number of hydrogen-bond donors (Lipinski definition) is 1. The van der Waals surface area contributed by atoms with Crippen LogP contribution in [0.2, 0.25) is 0 Å². The van der Waals surface area contributed by atoms with E-state index in [1.165, 1.54) is 7.11 Å². The minimum Gasteiger partial charge on any atom is -0.504 e. The van der Waals surface area contributed by atoms with Gasteiger partial charge in [-0.15, -0.1) is 0 Å². The Bertz CT molecular complexity index is 350. The lowest BCUT2D eigenvalue weighted by Crippen LogP contribution is -2.02. The summed E-state index contributed by atoms with van der Waals surface area (Å²) in [6, 6.07) is 5.06. The number of rotatable bonds is 2. The summed E-state index contributed by atoms with van der Waals surface area (Å²) in [7, 11) is 1.51. The first-order valence-electron chi connectivity index (χ1n) is 4.84. The molecule has 4 heteroatoms. The maximum atomic E-state index is 9.42. The first kappa shape index (κ1) is 10.3. The normalized spacial score (nSPS) is 25.5. The van der Waals surface area contributed by atoms with Crippen molar-refractivity contribution in [1.82, 2.24) is 0 Å². The van der Waals surface area contributed by atoms with Crippen molar-refractivity contribution in [2.45, 2.75) is 19.3 Å². The Labute approximate surface area is 88.4 Å². The maximum absolute atomic E-state index is 9.42. The Kier molecular flexibility index (Phi) is 2.79. The fourth-order valence-corrected chi connectivity index (χ4v) is 1.53. The lowest BCUT2D eigenvalue weighted by molar-refractivity contribution is -0.0573. The Balaban J connectivity index is 2.21. The van der Waals surface area contributed by atoms with Crippen LogP contribution in [0.1, 0.15) is 18.8 Å². The number of methoxy groups -OCH3 is 1. The molecule has 0 radical (unpaired) electrons. The van der Waals surface area contributed by atoms with E-state index in [9.17, 15) is 5.11 Å². The molecule has 1 fully saturated rings. The van der Waals surface area contributed by atoms with Crippen LogP contribution in [-0.4, -0.2) is 24.9 Å². The number of aromatic hydroxyl groups is 1. The Morgan fingerprint density at radius 2 is 2.27 bits per heavy atom. The number of ether oxygens (including phenoxy) is 3. The molecule has 0 amide bonds. The van der Waals surface area contributed by atoms with Crippen LogP contribution in [0.3, 0.4) is 0 Å². The first-order valence-corrected chi connectivity index (χ1v) is 4.84. The molecule has 0 saturated carbocycles. The molecule has 15 heavy (non-hydrogen) atoms. The van der Waals surface area contributed by atoms with Gasteiger partial charge in [0, 0.05) is 5.56 Å². The second kappa shape index (κ2) is 4.08. The minimum atomic E-state index is -0.352. The standard InChI is InChI=1S/C11H14O4/c1-7-6-14-11(15-7)8-3-4-9(12)10(5-8)13-2/h3-5,7,11-12H,6H2,1-2H3/t7-,11-/m0/s1. The van der Waals surface area contributed by atoms with Gasteiger partial charge in [-0.1, -0.05) is 6.07 Å². The van der Waals surface area contributed by atoms with Crippen molar-refractivity contribution in [3.63, 3.8) is 0 Å². The second-order valence-electron chi connectivity index (χ2n) is 3.54. The van der Waals surface area contributed by atoms with Gasteiger partial charge in [-0.2, -0.15) is 0 Å². The van der Waals surface area contributed by atoms with Gasteiger partial charge in [0.15, 0.2) is 17.8 Å². The molecule has 0 bridgehead atoms. The van der Waals surface area contributed by atoms with Crippen LogP contribution in [0.4, 0.5) is 0 Å². The van der Waals surface area contributed by atoms with Gasteiger partial charge in [-0.05, 0) is 19.1 Å². The van der Waals surface area contributed by atoms with E-state index in [0.29, 0.717) is 12.4 Å². The van der Waals surface area contributed by atoms with E-state index >= 15 is 0 Å². The smallest absolute Gasteiger partial charge is 0.184 e. The zero-order valence-corrected chi connectivity index (χ0v) is 8.77. The van der Waals surface area contributed by atoms with Crippen LogP contribution < -0.4 is 4.74 Å². The van der Waals surface area contributed by atoms with E-state index in [4.69, 9.17) is 14.2 Å². The highest BCUT2D eigenvalue weighted by molar-refractivity contribution is 5.42. The molecular weight excluding hydrogens is 196 g/mol. The van der Waals surface area contributed by atoms with Crippen LogP contribution >= 0.6 is 0 Å². The maximum Gasteiger partial charge on any atom is 0.184 e. The largest absolute Gasteiger partial charge is 0.504 e. The quantitative estimate of drug-likeness (QED) is 0.809. The zero-order valence-electron chi connectivity index (χ0n) is 8.77. The molecule has 1 aliphatic rings. The van der Waals surface area contributed by atoms with Crippen molar-refractivity contribution in [3.8, 4) is 11.5 Å². The highest BCUT2D eigenvalue weighted by atomic mass is 16.7. The van der Waals surface area contributed by atoms with Crippen molar-refractivity contribution < 1.29 is 19.3 Å². The number of benzene rings is 1. The molecule has 1 aromatic rings. The van der Waals surface area contributed by atoms with E-state index in [0.717, 1.165) is 5.56 Å². The number of hydrogen-bond acceptors (Lipinski definition) is 4. The summed E-state index contributed by atoms with van der Waals surface area (Å²) < 4.78 is 16.0. The van der Waals surface area contributed by atoms with Crippen LogP contribution in [-0.2, 0) is 9.47 Å². The molecule has 1 N–H and O–H groups in total. The van der Waals surface area contributed by atoms with Crippen LogP contribution in [0.25, 0.3) is 0 Å². The van der Waals surface area contributed by atoms with Gasteiger partial charge in [-0.25, -0.2) is 0 Å². The summed E-state index contributed by atoms with van der Waals surface area (Å²) in [6.07, 6.45) is -0.246. The van der Waals surface area contributed by atoms with Crippen LogP contribution in [0.5, 0.6) is 11.5 Å². The molecule has 0 spiro atoms. The van der Waals surface area contributed by atoms with Gasteiger partial charge in [0.1, 0.15) is 0 Å². The van der Waals surface area contributed by atoms with E-state index in [1.807, 2.05) is 6.92 Å². The minimum absolute atomic E-state index is 0.106. The molecule has 0 unspecified atom stereocenters. The Hall–Kier alpha value is -1.26. The summed E-state index contributed by atoms with van der Waals surface area (Å²) in [6.45, 7) is 2.55. The molecular formula is C11H14O4. The van der Waals surface area contributed by atoms with Crippen LogP contribution in [0, 0.1) is 0 Å². The van der Waals surface area contributed by atoms with Crippen molar-refractivity contribution in [3.05, 3.63) is 23.8 Å². The highest BCUT2D eigenvalue weighted by Crippen LogP contribution is 2.33. The summed E-state index contributed by atoms with van der Waals surface area (Å²) in [5.41, 5.74) is 0.856. The molecule has 0 aromatic heterocycles. The van der Waals surface area contributed by atoms with E-state index in [-0.39, 0.29) is 18.1 Å². The van der Waals surface area contributed by atoms with Crippen molar-refractivity contribution in [2.24, 2.45) is 0 Å². The molecule has 0 aliphatic carbocycles. The molecule has 1 aromatic carbocycles. The monoisotopic (exact) mass is 210 g/mol. The first-order chi connectivity index (χ1) is 7.20. The average molecular weight is 210 g/mol. The average Bonchev–Trinajstić information content (AvgIpc) is 2.66. The fourth-order valence-electron chi connectivity index (χ4n) is 1.53. The number of phenols is 1. The third-order valence-electron chi connectivity index (χ3n) is 2.31. The molecule has 1 aliphatic heterocycles. The molecule has 82 valence electrons. The Morgan fingerprint density at radius 3 is 2.87 bits per heavy atom. The van der Waals surface area contributed by atoms with Gasteiger partial charge in [0.25, 0.3) is 0 Å². The van der Waals surface area contributed by atoms with Gasteiger partial charge in [0.2, 0.25) is 0 Å². The fraction of sp³-hybridized carbons (Fsp3) is 0.455. The second-order valence-corrected chi connectivity index (χ2v) is 3.54. The predicted octanol–water partition coefficient (Wildman–Crippen LogP) is 1.83. The molecule has 2 atom stereocenters. The van der Waals surface area contributed by atoms with Crippen LogP contribution in [0.15, 0.2) is 18.2 Å². The van der Waals surface area contributed by atoms with Gasteiger partial charge < -0.3 is 19.3 Å². The summed E-state index contributed by atoms with van der Waals surface area (Å²) >= 11 is 0. The molecule has 4 nitrogen and oxygen atoms in total. The summed E-state index contributed by atoms with van der Waals surface area (Å²) in [5.74, 6) is 0.548. The lowest BCUT2D eigenvalue weighted by Gasteiger charge is -2.12. The van der Waals surface area contributed by atoms with Crippen molar-refractivity contribution in [1.29, 1.82) is 0 Å². The summed E-state index contributed by atoms with van der Waals surface area (Å²) in [5, 5.41) is 9.42. The molecule has 1 heterocycles. The SMILES string of the molecule is COc1cc([C@H]2OC[C@H](C)O2)ccc1O. The van der Waals surface area contributed by atoms with Gasteiger partial charge in [0.05, 0.1) is 19.8 Å². The Morgan fingerprint density at radius 1 is 1.47 bits per heavy atom. The summed E-state index contributed by atoms with van der Waals surface area (Å²) in [4.78, 5) is 0. The third-order valence-corrected chi connectivity index (χ3v) is 2.31. The third kappa shape index (κ3) is 2.06. The molecule has 1 saturated heterocycles. The van der Waals surface area contributed by atoms with E-state index in [2.05, 4.69) is 0 Å². The van der Waals surface area contributed by atoms with Gasteiger partial charge in [-0.3, -0.25) is 0 Å². The lowest BCUT2D eigenvalue weighted by atomic mass is 10.2. The topological polar surface area (TPSA) is 47.9 Å². The van der Waals surface area contributed by atoms with E-state index in [1.54, 1.807) is 18.2 Å². The highest BCUT2D eigenvalue weighted by Gasteiger charge is 2.24. The number of phenolic OH excluding ortho intramolecular Hbond substituents is 1. The van der Waals surface area contributed by atoms with E-state index < -0.39 is 0 Å². The van der Waals surface area contributed by atoms with Crippen molar-refractivity contribution >= 4 is 0 Å². The molecule has 2 rings (SSSR count). The van der Waals surface area contributed by atoms with Gasteiger partial charge >= 0.3 is 0 Å². The van der Waals surface area contributed by atoms with Crippen molar-refractivity contribution in [2.75, 3.05) is 13.7 Å².